The molecule has 5 nitrogen and oxygen atoms in total. The second-order valence-corrected chi connectivity index (χ2v) is 2.54. The van der Waals surface area contributed by atoms with Crippen LogP contribution >= 0.6 is 0 Å². The highest BCUT2D eigenvalue weighted by Gasteiger charge is 2.06. The van der Waals surface area contributed by atoms with Crippen molar-refractivity contribution in [3.8, 4) is 0 Å². The second-order valence-electron chi connectivity index (χ2n) is 2.54. The van der Waals surface area contributed by atoms with Gasteiger partial charge in [-0.15, -0.1) is 0 Å². The van der Waals surface area contributed by atoms with Crippen LogP contribution in [-0.4, -0.2) is 32.0 Å². The van der Waals surface area contributed by atoms with Gasteiger partial charge in [0.25, 0.3) is 0 Å². The lowest BCUT2D eigenvalue weighted by molar-refractivity contribution is -0.118. The van der Waals surface area contributed by atoms with E-state index in [4.69, 9.17) is 5.73 Å². The summed E-state index contributed by atoms with van der Waals surface area (Å²) in [5, 5.41) is 5.49. The van der Waals surface area contributed by atoms with Gasteiger partial charge in [0.05, 0.1) is 0 Å². The van der Waals surface area contributed by atoms with E-state index in [1.807, 2.05) is 0 Å². The molecule has 5 heteroatoms. The summed E-state index contributed by atoms with van der Waals surface area (Å²) in [5.41, 5.74) is 4.96. The first-order valence-electron chi connectivity index (χ1n) is 3.83. The van der Waals surface area contributed by atoms with Crippen LogP contribution in [0.15, 0.2) is 0 Å². The Morgan fingerprint density at radius 2 is 2.33 bits per heavy atom. The van der Waals surface area contributed by atoms with Crippen molar-refractivity contribution in [2.45, 2.75) is 18.9 Å². The number of rotatable bonds is 7. The minimum Gasteiger partial charge on any atom is -0.370 e. The van der Waals surface area contributed by atoms with Crippen LogP contribution in [0.25, 0.3) is 0 Å². The Morgan fingerprint density at radius 1 is 1.67 bits per heavy atom. The Bertz CT molecular complexity index is 150. The lowest BCUT2D eigenvalue weighted by Crippen LogP contribution is -2.37. The van der Waals surface area contributed by atoms with Crippen molar-refractivity contribution in [1.82, 2.24) is 10.6 Å². The fourth-order valence-corrected chi connectivity index (χ4v) is 0.903. The molecule has 70 valence electrons. The number of likely N-dealkylation sites (N-methyl/N-ethyl adjacent to an activating group) is 1. The van der Waals surface area contributed by atoms with Crippen molar-refractivity contribution in [2.24, 2.45) is 5.73 Å². The van der Waals surface area contributed by atoms with E-state index in [9.17, 15) is 9.59 Å². The second kappa shape index (κ2) is 6.60. The third-order valence-corrected chi connectivity index (χ3v) is 1.49. The summed E-state index contributed by atoms with van der Waals surface area (Å²) < 4.78 is 0. The van der Waals surface area contributed by atoms with Gasteiger partial charge in [-0.1, -0.05) is 0 Å². The Kier molecular flexibility index (Phi) is 6.00. The van der Waals surface area contributed by atoms with Crippen LogP contribution in [-0.2, 0) is 9.59 Å². The highest BCUT2D eigenvalue weighted by molar-refractivity contribution is 5.73. The quantitative estimate of drug-likeness (QED) is 0.413. The lowest BCUT2D eigenvalue weighted by atomic mass is 10.1. The maximum atomic E-state index is 10.4. The van der Waals surface area contributed by atoms with Gasteiger partial charge in [0, 0.05) is 19.0 Å². The van der Waals surface area contributed by atoms with Crippen molar-refractivity contribution >= 4 is 12.3 Å². The number of carbonyl (C=O) groups is 2. The summed E-state index contributed by atoms with van der Waals surface area (Å²) in [6.07, 6.45) is 1.51. The number of nitrogens with two attached hydrogens (primary N) is 1. The van der Waals surface area contributed by atoms with Gasteiger partial charge in [0.1, 0.15) is 0 Å². The van der Waals surface area contributed by atoms with Gasteiger partial charge >= 0.3 is 0 Å². The molecule has 0 aromatic heterocycles. The van der Waals surface area contributed by atoms with Gasteiger partial charge in [-0.05, 0) is 13.5 Å². The van der Waals surface area contributed by atoms with Gasteiger partial charge in [-0.2, -0.15) is 0 Å². The molecule has 0 aliphatic carbocycles. The zero-order valence-corrected chi connectivity index (χ0v) is 7.17. The predicted molar refractivity (Wildman–Crippen MR) is 45.3 cm³/mol. The molecule has 1 atom stereocenters. The highest BCUT2D eigenvalue weighted by atomic mass is 16.1. The van der Waals surface area contributed by atoms with E-state index in [2.05, 4.69) is 10.6 Å². The van der Waals surface area contributed by atoms with Crippen LogP contribution in [0.3, 0.4) is 0 Å². The monoisotopic (exact) mass is 173 g/mol. The summed E-state index contributed by atoms with van der Waals surface area (Å²) >= 11 is 0. The third-order valence-electron chi connectivity index (χ3n) is 1.49. The summed E-state index contributed by atoms with van der Waals surface area (Å²) in [4.78, 5) is 20.5. The van der Waals surface area contributed by atoms with E-state index in [0.29, 0.717) is 25.8 Å². The number of carbonyl (C=O) groups excluding carboxylic acids is 2. The molecule has 0 aliphatic heterocycles. The molecule has 0 saturated heterocycles. The van der Waals surface area contributed by atoms with Crippen molar-refractivity contribution in [3.05, 3.63) is 0 Å². The average molecular weight is 173 g/mol. The summed E-state index contributed by atoms with van der Waals surface area (Å²) in [6, 6.07) is -0.0139. The van der Waals surface area contributed by atoms with E-state index in [0.717, 1.165) is 0 Å². The molecule has 0 fully saturated rings. The van der Waals surface area contributed by atoms with E-state index < -0.39 is 0 Å². The van der Waals surface area contributed by atoms with Crippen LogP contribution in [0.2, 0.25) is 0 Å². The Hall–Kier alpha value is -1.10. The topological polar surface area (TPSA) is 84.2 Å². The summed E-state index contributed by atoms with van der Waals surface area (Å²) in [5.74, 6) is -0.344. The predicted octanol–water partition coefficient (Wildman–Crippen LogP) is -1.41. The van der Waals surface area contributed by atoms with Gasteiger partial charge in [0.15, 0.2) is 0 Å². The SMILES string of the molecule is CNC[C@H](CCC(N)=O)NC=O. The number of primary amides is 1. The lowest BCUT2D eigenvalue weighted by Gasteiger charge is -2.13. The largest absolute Gasteiger partial charge is 0.370 e. The molecule has 12 heavy (non-hydrogen) atoms. The zero-order valence-electron chi connectivity index (χ0n) is 7.17. The molecule has 4 N–H and O–H groups in total. The molecular weight excluding hydrogens is 158 g/mol. The molecule has 0 bridgehead atoms. The fourth-order valence-electron chi connectivity index (χ4n) is 0.903. The molecule has 0 rings (SSSR count). The summed E-state index contributed by atoms with van der Waals surface area (Å²) in [6.45, 7) is 0.645. The smallest absolute Gasteiger partial charge is 0.217 e. The molecule has 0 spiro atoms. The maximum Gasteiger partial charge on any atom is 0.217 e. The Labute approximate surface area is 71.7 Å². The van der Waals surface area contributed by atoms with Crippen LogP contribution < -0.4 is 16.4 Å². The first kappa shape index (κ1) is 10.9. The van der Waals surface area contributed by atoms with Crippen molar-refractivity contribution in [1.29, 1.82) is 0 Å². The Balaban J connectivity index is 3.61. The minimum atomic E-state index is -0.344. The van der Waals surface area contributed by atoms with E-state index in [1.54, 1.807) is 7.05 Å². The molecular formula is C7H15N3O2. The molecule has 0 aliphatic rings. The average Bonchev–Trinajstić information content (AvgIpc) is 2.01. The van der Waals surface area contributed by atoms with Crippen LogP contribution in [0.5, 0.6) is 0 Å². The van der Waals surface area contributed by atoms with Crippen LogP contribution in [0.4, 0.5) is 0 Å². The molecule has 0 unspecified atom stereocenters. The number of hydrogen-bond acceptors (Lipinski definition) is 3. The first-order chi connectivity index (χ1) is 5.70. The van der Waals surface area contributed by atoms with Gasteiger partial charge in [-0.25, -0.2) is 0 Å². The van der Waals surface area contributed by atoms with E-state index in [-0.39, 0.29) is 11.9 Å². The molecule has 0 radical (unpaired) electrons. The highest BCUT2D eigenvalue weighted by Crippen LogP contribution is 1.94. The minimum absolute atomic E-state index is 0.0139. The number of hydrogen-bond donors (Lipinski definition) is 3. The van der Waals surface area contributed by atoms with Crippen LogP contribution in [0, 0.1) is 0 Å². The molecule has 0 aromatic rings. The number of amides is 2. The van der Waals surface area contributed by atoms with Crippen LogP contribution in [0.1, 0.15) is 12.8 Å². The summed E-state index contributed by atoms with van der Waals surface area (Å²) in [7, 11) is 1.78. The molecule has 2 amide bonds. The number of nitrogens with one attached hydrogen (secondary N) is 2. The third kappa shape index (κ3) is 5.67. The molecule has 0 heterocycles. The zero-order chi connectivity index (χ0) is 9.40. The van der Waals surface area contributed by atoms with E-state index in [1.165, 1.54) is 0 Å². The van der Waals surface area contributed by atoms with Crippen molar-refractivity contribution in [3.63, 3.8) is 0 Å². The van der Waals surface area contributed by atoms with Crippen molar-refractivity contribution in [2.75, 3.05) is 13.6 Å². The standard InChI is InChI=1S/C7H15N3O2/c1-9-4-6(10-5-11)2-3-7(8)12/h5-6,9H,2-4H2,1H3,(H2,8,12)(H,10,11)/t6-/m0/s1. The van der Waals surface area contributed by atoms with Gasteiger partial charge < -0.3 is 16.4 Å². The maximum absolute atomic E-state index is 10.4. The van der Waals surface area contributed by atoms with Gasteiger partial charge in [0.2, 0.25) is 12.3 Å². The Morgan fingerprint density at radius 3 is 2.75 bits per heavy atom. The van der Waals surface area contributed by atoms with Crippen molar-refractivity contribution < 1.29 is 9.59 Å². The normalized spacial score (nSPS) is 12.1. The first-order valence-corrected chi connectivity index (χ1v) is 3.83. The van der Waals surface area contributed by atoms with Gasteiger partial charge in [-0.3, -0.25) is 9.59 Å². The fraction of sp³-hybridized carbons (Fsp3) is 0.714. The molecule has 0 aromatic carbocycles. The van der Waals surface area contributed by atoms with E-state index >= 15 is 0 Å². The molecule has 0 saturated carbocycles.